The number of aromatic hydroxyl groups is 1. The summed E-state index contributed by atoms with van der Waals surface area (Å²) in [6.45, 7) is 7.01. The van der Waals surface area contributed by atoms with Crippen LogP contribution in [0.5, 0.6) is 5.75 Å². The minimum absolute atomic E-state index is 0.0181. The molecule has 0 aromatic heterocycles. The second-order valence-corrected chi connectivity index (χ2v) is 15.2. The van der Waals surface area contributed by atoms with Crippen molar-refractivity contribution >= 4 is 51.5 Å². The number of hydrogen-bond donors (Lipinski definition) is 2. The topological polar surface area (TPSA) is 152 Å². The fourth-order valence-corrected chi connectivity index (χ4v) is 8.38. The number of piperidine rings is 2. The minimum Gasteiger partial charge on any atom is -0.507 e. The lowest BCUT2D eigenvalue weighted by Crippen LogP contribution is -2.57. The van der Waals surface area contributed by atoms with Crippen molar-refractivity contribution in [3.63, 3.8) is 0 Å². The number of nitrogens with zero attached hydrogens (tertiary/aromatic N) is 5. The van der Waals surface area contributed by atoms with Gasteiger partial charge in [-0.1, -0.05) is 24.3 Å². The molecule has 15 heteroatoms. The number of likely N-dealkylation sites (tertiary alicyclic amines) is 2. The lowest BCUT2D eigenvalue weighted by Gasteiger charge is -2.43. The molecule has 3 fully saturated rings. The van der Waals surface area contributed by atoms with Crippen LogP contribution < -0.4 is 5.32 Å². The molecule has 4 aliphatic heterocycles. The van der Waals surface area contributed by atoms with Gasteiger partial charge in [-0.15, -0.1) is 0 Å². The quantitative estimate of drug-likeness (QED) is 0.336. The van der Waals surface area contributed by atoms with Crippen molar-refractivity contribution in [3.8, 4) is 5.75 Å². The molecule has 0 aliphatic carbocycles. The van der Waals surface area contributed by atoms with E-state index in [1.54, 1.807) is 34.9 Å². The van der Waals surface area contributed by atoms with Crippen LogP contribution in [-0.4, -0.2) is 143 Å². The monoisotopic (exact) mass is 810 g/mol. The molecular weight excluding hydrogens is 760 g/mol. The zero-order chi connectivity index (χ0) is 38.2. The highest BCUT2D eigenvalue weighted by Gasteiger charge is 2.37. The number of halogens is 1. The largest absolute Gasteiger partial charge is 0.507 e. The summed E-state index contributed by atoms with van der Waals surface area (Å²) in [5.41, 5.74) is 2.67. The number of ether oxygens (including phenoxy) is 2. The van der Waals surface area contributed by atoms with Crippen LogP contribution in [0, 0.1) is 0 Å². The molecule has 4 heterocycles. The third-order valence-electron chi connectivity index (χ3n) is 11.1. The van der Waals surface area contributed by atoms with Crippen LogP contribution in [-0.2, 0) is 36.7 Å². The highest BCUT2D eigenvalue weighted by molar-refractivity contribution is 9.10. The number of fused-ring (bicyclic) bond motifs is 1. The van der Waals surface area contributed by atoms with E-state index in [-0.39, 0.29) is 60.9 Å². The van der Waals surface area contributed by atoms with E-state index in [1.165, 1.54) is 0 Å². The molecule has 2 N–H and O–H groups in total. The van der Waals surface area contributed by atoms with Gasteiger partial charge in [0.15, 0.2) is 6.10 Å². The standard InChI is InChI=1S/C39H51BrN6O8/c1-2-53-36(49)10-9-35(48)43-16-12-29(13-17-43)42-21-23-44(24-22-42)37(50)34(26-27-7-8-33(47)31(40)25-27)54-39(52)45-18-14-30(15-19-45)46-20-11-28-5-3-4-6-32(28)41-38(46)51/h3-8,25,29-30,34,47H,2,9-24,26H2,1H3,(H,41,51)/t34-/m1/s1. The van der Waals surface area contributed by atoms with Gasteiger partial charge in [-0.3, -0.25) is 19.3 Å². The van der Waals surface area contributed by atoms with Gasteiger partial charge in [-0.25, -0.2) is 9.59 Å². The molecule has 0 spiro atoms. The Bertz CT molecular complexity index is 1670. The predicted octanol–water partition coefficient (Wildman–Crippen LogP) is 4.24. The van der Waals surface area contributed by atoms with Gasteiger partial charge < -0.3 is 39.5 Å². The minimum atomic E-state index is -1.06. The van der Waals surface area contributed by atoms with E-state index in [2.05, 4.69) is 26.1 Å². The maximum Gasteiger partial charge on any atom is 0.410 e. The van der Waals surface area contributed by atoms with Crippen molar-refractivity contribution in [2.24, 2.45) is 0 Å². The van der Waals surface area contributed by atoms with Crippen LogP contribution in [0.1, 0.15) is 56.6 Å². The fourth-order valence-electron chi connectivity index (χ4n) is 7.96. The van der Waals surface area contributed by atoms with Gasteiger partial charge in [0.25, 0.3) is 5.91 Å². The van der Waals surface area contributed by atoms with Crippen LogP contribution in [0.25, 0.3) is 0 Å². The summed E-state index contributed by atoms with van der Waals surface area (Å²) in [6.07, 6.45) is 2.38. The van der Waals surface area contributed by atoms with Crippen molar-refractivity contribution in [1.82, 2.24) is 24.5 Å². The van der Waals surface area contributed by atoms with Gasteiger partial charge in [0, 0.05) is 89.5 Å². The summed E-state index contributed by atoms with van der Waals surface area (Å²) < 4.78 is 11.4. The number of rotatable bonds is 10. The normalized spacial score (nSPS) is 19.4. The van der Waals surface area contributed by atoms with E-state index in [0.717, 1.165) is 36.1 Å². The van der Waals surface area contributed by atoms with Gasteiger partial charge in [0.1, 0.15) is 5.75 Å². The number of nitrogens with one attached hydrogen (secondary N) is 1. The first-order chi connectivity index (χ1) is 26.1. The molecular formula is C39H51BrN6O8. The summed E-state index contributed by atoms with van der Waals surface area (Å²) in [7, 11) is 0. The lowest BCUT2D eigenvalue weighted by molar-refractivity contribution is -0.146. The average molecular weight is 812 g/mol. The molecule has 4 aliphatic rings. The number of carbonyl (C=O) groups excluding carboxylic acids is 5. The number of urea groups is 1. The Balaban J connectivity index is 1.01. The second kappa shape index (κ2) is 18.3. The Hall–Kier alpha value is -4.37. The Labute approximate surface area is 324 Å². The molecule has 0 bridgehead atoms. The third kappa shape index (κ3) is 9.83. The molecule has 292 valence electrons. The molecule has 6 rings (SSSR count). The van der Waals surface area contributed by atoms with Crippen LogP contribution >= 0.6 is 15.9 Å². The van der Waals surface area contributed by atoms with E-state index >= 15 is 0 Å². The molecule has 3 saturated heterocycles. The maximum atomic E-state index is 14.1. The Kier molecular flexibility index (Phi) is 13.3. The van der Waals surface area contributed by atoms with Gasteiger partial charge >= 0.3 is 18.1 Å². The maximum absolute atomic E-state index is 14.1. The van der Waals surface area contributed by atoms with E-state index < -0.39 is 12.2 Å². The number of hydrogen-bond acceptors (Lipinski definition) is 9. The van der Waals surface area contributed by atoms with E-state index in [1.807, 2.05) is 34.1 Å². The summed E-state index contributed by atoms with van der Waals surface area (Å²) in [5.74, 6) is -0.567. The van der Waals surface area contributed by atoms with Gasteiger partial charge in [0.2, 0.25) is 5.91 Å². The number of carbonyl (C=O) groups is 5. The first-order valence-corrected chi connectivity index (χ1v) is 19.9. The molecule has 54 heavy (non-hydrogen) atoms. The zero-order valence-electron chi connectivity index (χ0n) is 30.9. The SMILES string of the molecule is CCOC(=O)CCC(=O)N1CCC(N2CCN(C(=O)[C@@H](Cc3ccc(O)c(Br)c3)OC(=O)N3CCC(N4CCc5ccccc5NC4=O)CC3)CC2)CC1. The molecule has 0 saturated carbocycles. The van der Waals surface area contributed by atoms with Crippen LogP contribution in [0.4, 0.5) is 15.3 Å². The number of phenols is 1. The first kappa shape index (κ1) is 39.3. The van der Waals surface area contributed by atoms with Crippen LogP contribution in [0.15, 0.2) is 46.9 Å². The number of benzene rings is 2. The molecule has 14 nitrogen and oxygen atoms in total. The van der Waals surface area contributed by atoms with Gasteiger partial charge in [-0.05, 0) is 84.3 Å². The number of esters is 1. The Morgan fingerprint density at radius 2 is 1.54 bits per heavy atom. The van der Waals surface area contributed by atoms with Crippen LogP contribution in [0.3, 0.4) is 0 Å². The zero-order valence-corrected chi connectivity index (χ0v) is 32.5. The Morgan fingerprint density at radius 1 is 0.852 bits per heavy atom. The van der Waals surface area contributed by atoms with Crippen molar-refractivity contribution in [3.05, 3.63) is 58.1 Å². The van der Waals surface area contributed by atoms with E-state index in [4.69, 9.17) is 9.47 Å². The number of piperazine rings is 1. The van der Waals surface area contributed by atoms with Gasteiger partial charge in [-0.2, -0.15) is 0 Å². The summed E-state index contributed by atoms with van der Waals surface area (Å²) in [6, 6.07) is 13.0. The van der Waals surface area contributed by atoms with E-state index in [0.29, 0.717) is 82.8 Å². The number of amides is 5. The van der Waals surface area contributed by atoms with Crippen LogP contribution in [0.2, 0.25) is 0 Å². The third-order valence-corrected chi connectivity index (χ3v) is 11.7. The fraction of sp³-hybridized carbons (Fsp3) is 0.564. The summed E-state index contributed by atoms with van der Waals surface area (Å²) in [5, 5.41) is 13.1. The summed E-state index contributed by atoms with van der Waals surface area (Å²) in [4.78, 5) is 74.6. The molecule has 0 radical (unpaired) electrons. The first-order valence-electron chi connectivity index (χ1n) is 19.1. The van der Waals surface area contributed by atoms with E-state index in [9.17, 15) is 29.1 Å². The number of anilines is 1. The molecule has 2 aromatic rings. The molecule has 2 aromatic carbocycles. The highest BCUT2D eigenvalue weighted by Crippen LogP contribution is 2.28. The lowest BCUT2D eigenvalue weighted by atomic mass is 10.0. The second-order valence-electron chi connectivity index (χ2n) is 14.4. The van der Waals surface area contributed by atoms with Crippen molar-refractivity contribution in [1.29, 1.82) is 0 Å². The average Bonchev–Trinajstić information content (AvgIpc) is 3.36. The molecule has 5 amide bonds. The summed E-state index contributed by atoms with van der Waals surface area (Å²) >= 11 is 3.35. The van der Waals surface area contributed by atoms with Crippen molar-refractivity contribution in [2.75, 3.05) is 70.8 Å². The van der Waals surface area contributed by atoms with Crippen molar-refractivity contribution in [2.45, 2.75) is 76.5 Å². The predicted molar refractivity (Wildman–Crippen MR) is 204 cm³/mol. The number of phenolic OH excluding ortho intramolecular Hbond substituents is 1. The van der Waals surface area contributed by atoms with Gasteiger partial charge in [0.05, 0.1) is 17.5 Å². The molecule has 0 unspecified atom stereocenters. The highest BCUT2D eigenvalue weighted by atomic mass is 79.9. The molecule has 1 atom stereocenters. The van der Waals surface area contributed by atoms with Crippen molar-refractivity contribution < 1.29 is 38.6 Å². The number of para-hydroxylation sites is 1. The Morgan fingerprint density at radius 3 is 2.24 bits per heavy atom. The smallest absolute Gasteiger partial charge is 0.410 e.